The number of benzene rings is 1. The Morgan fingerprint density at radius 3 is 2.74 bits per heavy atom. The number of Topliss-reactive ketones (excluding diaryl/α,β-unsaturated/α-hetero) is 1. The summed E-state index contributed by atoms with van der Waals surface area (Å²) in [5.74, 6) is 0.533. The maximum atomic E-state index is 12.5. The van der Waals surface area contributed by atoms with Gasteiger partial charge in [0.2, 0.25) is 0 Å². The van der Waals surface area contributed by atoms with Crippen LogP contribution in [-0.2, 0) is 22.4 Å². The predicted molar refractivity (Wildman–Crippen MR) is 128 cm³/mol. The molecule has 0 aliphatic carbocycles. The molecule has 1 aliphatic heterocycles. The Morgan fingerprint density at radius 2 is 2.00 bits per heavy atom. The Bertz CT molecular complexity index is 942. The van der Waals surface area contributed by atoms with Crippen molar-refractivity contribution in [1.82, 2.24) is 10.0 Å². The number of carbonyl (C=O) groups excluding carboxylic acids is 3. The molecule has 2 aromatic rings. The predicted octanol–water partition coefficient (Wildman–Crippen LogP) is 4.74. The Morgan fingerprint density at radius 1 is 1.19 bits per heavy atom. The largest absolute Gasteiger partial charge is 0.465 e. The van der Waals surface area contributed by atoms with E-state index in [0.29, 0.717) is 37.2 Å². The van der Waals surface area contributed by atoms with E-state index in [2.05, 4.69) is 15.9 Å². The number of hydrogen-bond acceptors (Lipinski definition) is 7. The number of hydrogen-bond donors (Lipinski definition) is 0. The highest BCUT2D eigenvalue weighted by molar-refractivity contribution is 9.10. The summed E-state index contributed by atoms with van der Waals surface area (Å²) in [5, 5.41) is 3.73. The quantitative estimate of drug-likeness (QED) is 0.441. The topological polar surface area (TPSA) is 66.9 Å². The van der Waals surface area contributed by atoms with E-state index in [-0.39, 0.29) is 17.0 Å². The fourth-order valence-corrected chi connectivity index (χ4v) is 5.84. The lowest BCUT2D eigenvalue weighted by atomic mass is 10.0. The van der Waals surface area contributed by atoms with Crippen LogP contribution in [0.15, 0.2) is 34.8 Å². The van der Waals surface area contributed by atoms with Gasteiger partial charge >= 0.3 is 5.97 Å². The molecule has 0 atom stereocenters. The highest BCUT2D eigenvalue weighted by Crippen LogP contribution is 2.23. The number of carbonyl (C=O) groups is 3. The Hall–Kier alpha value is -1.68. The molecule has 31 heavy (non-hydrogen) atoms. The molecule has 0 unspecified atom stereocenters. The number of thioether (sulfide) groups is 1. The number of methoxy groups -OCH3 is 1. The number of rotatable bonds is 9. The highest BCUT2D eigenvalue weighted by Gasteiger charge is 2.27. The second-order valence-corrected chi connectivity index (χ2v) is 10.4. The van der Waals surface area contributed by atoms with Crippen LogP contribution in [0.4, 0.5) is 4.79 Å². The van der Waals surface area contributed by atoms with Crippen molar-refractivity contribution < 1.29 is 19.1 Å². The van der Waals surface area contributed by atoms with Crippen molar-refractivity contribution in [3.63, 3.8) is 0 Å². The summed E-state index contributed by atoms with van der Waals surface area (Å²) in [6.07, 6.45) is 1.43. The monoisotopic (exact) mass is 524 g/mol. The first-order chi connectivity index (χ1) is 14.9. The van der Waals surface area contributed by atoms with Crippen LogP contribution < -0.4 is 0 Å². The second-order valence-electron chi connectivity index (χ2n) is 7.30. The molecule has 6 nitrogen and oxygen atoms in total. The summed E-state index contributed by atoms with van der Waals surface area (Å²) < 4.78 is 5.72. The number of halogens is 1. The molecule has 2 heterocycles. The molecule has 0 saturated carbocycles. The van der Waals surface area contributed by atoms with Gasteiger partial charge in [0.05, 0.1) is 7.11 Å². The zero-order chi connectivity index (χ0) is 22.4. The standard InChI is InChI=1S/C22H25BrN2O4S2/c1-15-11-16(13-17(23)12-15)14-18(26)5-7-24-9-10-30-22(28)25(24)8-6-19-3-4-20(31-19)21(27)29-2/h3-4,11-13H,5-10,14H2,1-2H3. The maximum Gasteiger partial charge on any atom is 0.348 e. The number of esters is 1. The molecule has 166 valence electrons. The van der Waals surface area contributed by atoms with Gasteiger partial charge in [-0.3, -0.25) is 14.6 Å². The average Bonchev–Trinajstić information content (AvgIpc) is 3.19. The lowest BCUT2D eigenvalue weighted by Crippen LogP contribution is -2.50. The number of amides is 1. The molecule has 0 radical (unpaired) electrons. The van der Waals surface area contributed by atoms with E-state index in [1.165, 1.54) is 30.2 Å². The van der Waals surface area contributed by atoms with Crippen molar-refractivity contribution in [1.29, 1.82) is 0 Å². The maximum absolute atomic E-state index is 12.5. The van der Waals surface area contributed by atoms with Crippen molar-refractivity contribution in [2.75, 3.05) is 32.5 Å². The van der Waals surface area contributed by atoms with Crippen LogP contribution in [0.5, 0.6) is 0 Å². The van der Waals surface area contributed by atoms with Gasteiger partial charge in [-0.1, -0.05) is 33.8 Å². The molecular formula is C22H25BrN2O4S2. The van der Waals surface area contributed by atoms with Crippen LogP contribution in [0.1, 0.15) is 32.1 Å². The molecular weight excluding hydrogens is 500 g/mol. The summed E-state index contributed by atoms with van der Waals surface area (Å²) in [4.78, 5) is 38.2. The van der Waals surface area contributed by atoms with Crippen LogP contribution >= 0.6 is 39.0 Å². The number of ether oxygens (including phenoxy) is 1. The van der Waals surface area contributed by atoms with Crippen LogP contribution in [-0.4, -0.2) is 59.5 Å². The minimum Gasteiger partial charge on any atom is -0.465 e. The first-order valence-electron chi connectivity index (χ1n) is 9.99. The van der Waals surface area contributed by atoms with Crippen molar-refractivity contribution in [3.05, 3.63) is 55.7 Å². The molecule has 1 saturated heterocycles. The third-order valence-electron chi connectivity index (χ3n) is 4.90. The first kappa shape index (κ1) is 24.0. The van der Waals surface area contributed by atoms with Gasteiger partial charge in [0.15, 0.2) is 0 Å². The van der Waals surface area contributed by atoms with E-state index >= 15 is 0 Å². The number of ketones is 1. The Labute approximate surface area is 199 Å². The Balaban J connectivity index is 1.55. The van der Waals surface area contributed by atoms with Gasteiger partial charge in [0, 0.05) is 54.0 Å². The number of thiophene rings is 1. The van der Waals surface area contributed by atoms with Crippen LogP contribution in [0, 0.1) is 6.92 Å². The summed E-state index contributed by atoms with van der Waals surface area (Å²) in [6.45, 7) is 3.79. The fourth-order valence-electron chi connectivity index (χ4n) is 3.44. The first-order valence-corrected chi connectivity index (χ1v) is 12.6. The van der Waals surface area contributed by atoms with Crippen LogP contribution in [0.3, 0.4) is 0 Å². The minimum atomic E-state index is -0.346. The van der Waals surface area contributed by atoms with Crippen LogP contribution in [0.25, 0.3) is 0 Å². The average molecular weight is 525 g/mol. The smallest absolute Gasteiger partial charge is 0.348 e. The third-order valence-corrected chi connectivity index (χ3v) is 7.32. The number of hydrazine groups is 1. The van der Waals surface area contributed by atoms with Gasteiger partial charge in [-0.05, 0) is 42.3 Å². The van der Waals surface area contributed by atoms with Gasteiger partial charge < -0.3 is 4.74 Å². The molecule has 9 heteroatoms. The molecule has 3 rings (SSSR count). The lowest BCUT2D eigenvalue weighted by Gasteiger charge is -2.37. The summed E-state index contributed by atoms with van der Waals surface area (Å²) in [7, 11) is 1.36. The molecule has 1 aromatic heterocycles. The van der Waals surface area contributed by atoms with E-state index < -0.39 is 0 Å². The molecule has 0 bridgehead atoms. The van der Waals surface area contributed by atoms with Crippen LogP contribution in [0.2, 0.25) is 0 Å². The van der Waals surface area contributed by atoms with Gasteiger partial charge in [-0.15, -0.1) is 11.3 Å². The van der Waals surface area contributed by atoms with Crippen molar-refractivity contribution in [2.45, 2.75) is 26.2 Å². The molecule has 1 amide bonds. The molecule has 1 aliphatic rings. The Kier molecular flexibility index (Phi) is 8.71. The number of aryl methyl sites for hydroxylation is 1. The zero-order valence-corrected chi connectivity index (χ0v) is 20.8. The fraction of sp³-hybridized carbons (Fsp3) is 0.409. The van der Waals surface area contributed by atoms with Crippen molar-refractivity contribution in [2.24, 2.45) is 0 Å². The van der Waals surface area contributed by atoms with Crippen molar-refractivity contribution >= 4 is 56.0 Å². The molecule has 0 N–H and O–H groups in total. The number of nitrogens with zero attached hydrogens (tertiary/aromatic N) is 2. The normalized spacial score (nSPS) is 14.7. The van der Waals surface area contributed by atoms with E-state index in [9.17, 15) is 14.4 Å². The molecule has 1 aromatic carbocycles. The zero-order valence-electron chi connectivity index (χ0n) is 17.6. The van der Waals surface area contributed by atoms with E-state index in [1.807, 2.05) is 36.2 Å². The lowest BCUT2D eigenvalue weighted by molar-refractivity contribution is -0.119. The minimum absolute atomic E-state index is 0.00561. The summed E-state index contributed by atoms with van der Waals surface area (Å²) in [6, 6.07) is 9.66. The second kappa shape index (κ2) is 11.3. The third kappa shape index (κ3) is 6.90. The SMILES string of the molecule is COC(=O)c1ccc(CCN2C(=O)SCCN2CCC(=O)Cc2cc(C)cc(Br)c2)s1. The van der Waals surface area contributed by atoms with Crippen molar-refractivity contribution in [3.8, 4) is 0 Å². The summed E-state index contributed by atoms with van der Waals surface area (Å²) >= 11 is 6.16. The van der Waals surface area contributed by atoms with Gasteiger partial charge in [0.25, 0.3) is 5.24 Å². The molecule has 0 spiro atoms. The summed E-state index contributed by atoms with van der Waals surface area (Å²) in [5.41, 5.74) is 2.11. The van der Waals surface area contributed by atoms with Gasteiger partial charge in [-0.2, -0.15) is 0 Å². The van der Waals surface area contributed by atoms with E-state index in [0.717, 1.165) is 32.8 Å². The molecule has 1 fully saturated rings. The highest BCUT2D eigenvalue weighted by atomic mass is 79.9. The van der Waals surface area contributed by atoms with Gasteiger partial charge in [0.1, 0.15) is 10.7 Å². The van der Waals surface area contributed by atoms with E-state index in [1.54, 1.807) is 11.1 Å². The van der Waals surface area contributed by atoms with E-state index in [4.69, 9.17) is 4.74 Å². The van der Waals surface area contributed by atoms with Gasteiger partial charge in [-0.25, -0.2) is 9.80 Å².